The Morgan fingerprint density at radius 3 is 2.44 bits per heavy atom. The second-order valence-electron chi connectivity index (χ2n) is 12.3. The van der Waals surface area contributed by atoms with E-state index < -0.39 is 0 Å². The quantitative estimate of drug-likeness (QED) is 0.113. The first-order chi connectivity index (χ1) is 21.0. The van der Waals surface area contributed by atoms with E-state index >= 15 is 0 Å². The number of benzene rings is 1. The van der Waals surface area contributed by atoms with Gasteiger partial charge in [-0.15, -0.1) is 0 Å². The summed E-state index contributed by atoms with van der Waals surface area (Å²) in [6.45, 7) is 5.17. The molecule has 0 N–H and O–H groups in total. The summed E-state index contributed by atoms with van der Waals surface area (Å²) < 4.78 is 30.0. The van der Waals surface area contributed by atoms with Crippen LogP contribution in [0.4, 0.5) is 0 Å². The van der Waals surface area contributed by atoms with Crippen LogP contribution in [-0.2, 0) is 39.7 Å². The number of carbonyl (C=O) groups is 2. The molecule has 1 aliphatic carbocycles. The Labute approximate surface area is 258 Å². The summed E-state index contributed by atoms with van der Waals surface area (Å²) in [5.41, 5.74) is 1.28. The zero-order chi connectivity index (χ0) is 30.3. The first-order valence-corrected chi connectivity index (χ1v) is 16.6. The minimum atomic E-state index is -0.247. The average molecular weight is 597 g/mol. The van der Waals surface area contributed by atoms with Crippen molar-refractivity contribution in [2.45, 2.75) is 128 Å². The molecular weight excluding hydrogens is 544 g/mol. The minimum absolute atomic E-state index is 0.0567. The lowest BCUT2D eigenvalue weighted by Crippen LogP contribution is -2.31. The van der Waals surface area contributed by atoms with Crippen LogP contribution in [0.25, 0.3) is 0 Å². The maximum Gasteiger partial charge on any atom is 0.306 e. The van der Waals surface area contributed by atoms with Gasteiger partial charge >= 0.3 is 5.97 Å². The Bertz CT molecular complexity index is 1010. The second kappa shape index (κ2) is 18.5. The molecule has 2 unspecified atom stereocenters. The highest BCUT2D eigenvalue weighted by atomic mass is 16.7. The van der Waals surface area contributed by atoms with Crippen molar-refractivity contribution in [3.63, 3.8) is 0 Å². The fourth-order valence-corrected chi connectivity index (χ4v) is 6.13. The summed E-state index contributed by atoms with van der Waals surface area (Å²) in [6.07, 6.45) is 18.5. The second-order valence-corrected chi connectivity index (χ2v) is 12.3. The first-order valence-electron chi connectivity index (χ1n) is 16.6. The number of allylic oxidation sites excluding steroid dienone is 2. The summed E-state index contributed by atoms with van der Waals surface area (Å²) in [5.74, 6) is -0.142. The van der Waals surface area contributed by atoms with Crippen molar-refractivity contribution in [2.24, 2.45) is 11.8 Å². The van der Waals surface area contributed by atoms with E-state index in [4.69, 9.17) is 23.7 Å². The molecule has 6 atom stereocenters. The van der Waals surface area contributed by atoms with Crippen molar-refractivity contribution >= 4 is 11.8 Å². The highest BCUT2D eigenvalue weighted by Gasteiger charge is 2.42. The number of rotatable bonds is 16. The van der Waals surface area contributed by atoms with Gasteiger partial charge < -0.3 is 23.7 Å². The molecule has 238 valence electrons. The molecule has 2 heterocycles. The van der Waals surface area contributed by atoms with Gasteiger partial charge in [0.05, 0.1) is 18.3 Å². The van der Waals surface area contributed by atoms with Crippen LogP contribution in [0.1, 0.15) is 96.5 Å². The van der Waals surface area contributed by atoms with E-state index in [9.17, 15) is 9.59 Å². The zero-order valence-electron chi connectivity index (χ0n) is 26.2. The van der Waals surface area contributed by atoms with E-state index in [1.807, 2.05) is 19.9 Å². The highest BCUT2D eigenvalue weighted by Crippen LogP contribution is 2.37. The van der Waals surface area contributed by atoms with E-state index in [1.165, 1.54) is 5.56 Å². The van der Waals surface area contributed by atoms with Gasteiger partial charge in [-0.05, 0) is 90.0 Å². The lowest BCUT2D eigenvalue weighted by Gasteiger charge is -2.29. The number of hydrogen-bond acceptors (Lipinski definition) is 7. The zero-order valence-corrected chi connectivity index (χ0v) is 26.2. The maximum atomic E-state index is 13.3. The predicted molar refractivity (Wildman–Crippen MR) is 166 cm³/mol. The lowest BCUT2D eigenvalue weighted by atomic mass is 9.90. The van der Waals surface area contributed by atoms with Crippen molar-refractivity contribution in [1.29, 1.82) is 0 Å². The molecule has 7 nitrogen and oxygen atoms in total. The maximum absolute atomic E-state index is 13.3. The first kappa shape index (κ1) is 33.6. The smallest absolute Gasteiger partial charge is 0.306 e. The van der Waals surface area contributed by atoms with Gasteiger partial charge in [0.15, 0.2) is 12.6 Å². The number of hydrogen-bond donors (Lipinski definition) is 0. The van der Waals surface area contributed by atoms with Crippen molar-refractivity contribution < 1.29 is 33.3 Å². The summed E-state index contributed by atoms with van der Waals surface area (Å²) in [4.78, 5) is 25.1. The number of ether oxygens (including phenoxy) is 5. The van der Waals surface area contributed by atoms with Crippen LogP contribution in [0.2, 0.25) is 0 Å². The van der Waals surface area contributed by atoms with Crippen LogP contribution >= 0.6 is 0 Å². The summed E-state index contributed by atoms with van der Waals surface area (Å²) >= 11 is 0. The van der Waals surface area contributed by atoms with Crippen molar-refractivity contribution in [3.8, 4) is 0 Å². The van der Waals surface area contributed by atoms with Gasteiger partial charge in [-0.2, -0.15) is 0 Å². The number of ketones is 1. The summed E-state index contributed by atoms with van der Waals surface area (Å²) in [7, 11) is 0. The molecule has 0 amide bonds. The SMILES string of the molecule is CC(C)OC(=O)CCCC=CC[C@H]1C(=O)C[C@@H](OC2CCCCO2)[C@@H]1C=C[C@H](CCc1ccccc1)OC1CCCCO1. The van der Waals surface area contributed by atoms with Crippen LogP contribution in [0.5, 0.6) is 0 Å². The van der Waals surface area contributed by atoms with E-state index in [1.54, 1.807) is 0 Å². The molecule has 7 heteroatoms. The molecule has 2 aliphatic heterocycles. The van der Waals surface area contributed by atoms with Gasteiger partial charge in [0, 0.05) is 37.9 Å². The number of aryl methyl sites for hydroxylation is 1. The third-order valence-electron chi connectivity index (χ3n) is 8.42. The number of carbonyl (C=O) groups excluding carboxylic acids is 2. The third kappa shape index (κ3) is 11.9. The van der Waals surface area contributed by atoms with Gasteiger partial charge in [-0.3, -0.25) is 9.59 Å². The van der Waals surface area contributed by atoms with Gasteiger partial charge in [-0.25, -0.2) is 0 Å². The van der Waals surface area contributed by atoms with E-state index in [-0.39, 0.29) is 54.5 Å². The third-order valence-corrected chi connectivity index (χ3v) is 8.42. The predicted octanol–water partition coefficient (Wildman–Crippen LogP) is 7.27. The van der Waals surface area contributed by atoms with Gasteiger partial charge in [0.2, 0.25) is 0 Å². The van der Waals surface area contributed by atoms with E-state index in [0.717, 1.165) is 70.8 Å². The molecule has 1 aromatic carbocycles. The molecule has 3 aliphatic rings. The van der Waals surface area contributed by atoms with Crippen LogP contribution in [0, 0.1) is 11.8 Å². The van der Waals surface area contributed by atoms with Crippen molar-refractivity contribution in [3.05, 3.63) is 60.2 Å². The fraction of sp³-hybridized carbons (Fsp3) is 0.667. The number of Topliss-reactive ketones (excluding diaryl/α,β-unsaturated/α-hetero) is 1. The molecule has 2 saturated heterocycles. The summed E-state index contributed by atoms with van der Waals surface area (Å²) in [5, 5.41) is 0. The molecule has 0 aromatic heterocycles. The van der Waals surface area contributed by atoms with Gasteiger partial charge in [0.25, 0.3) is 0 Å². The average Bonchev–Trinajstić information content (AvgIpc) is 3.30. The molecule has 4 rings (SSSR count). The number of unbranched alkanes of at least 4 members (excludes halogenated alkanes) is 1. The Morgan fingerprint density at radius 1 is 1.00 bits per heavy atom. The molecule has 0 bridgehead atoms. The molecule has 3 fully saturated rings. The lowest BCUT2D eigenvalue weighted by molar-refractivity contribution is -0.192. The molecule has 1 aromatic rings. The van der Waals surface area contributed by atoms with Crippen LogP contribution in [0.15, 0.2) is 54.6 Å². The van der Waals surface area contributed by atoms with Crippen LogP contribution in [0.3, 0.4) is 0 Å². The molecule has 43 heavy (non-hydrogen) atoms. The summed E-state index contributed by atoms with van der Waals surface area (Å²) in [6, 6.07) is 10.5. The van der Waals surface area contributed by atoms with Crippen molar-refractivity contribution in [1.82, 2.24) is 0 Å². The van der Waals surface area contributed by atoms with Crippen LogP contribution in [-0.4, -0.2) is 55.9 Å². The Balaban J connectivity index is 1.41. The van der Waals surface area contributed by atoms with Crippen molar-refractivity contribution in [2.75, 3.05) is 13.2 Å². The standard InChI is InChI=1S/C36H52O7/c1-27(2)41-34(38)17-9-4-3-8-16-30-31(33(26-32(30)37)43-36-19-11-13-25-40-36)23-22-29(42-35-18-10-12-24-39-35)21-20-28-14-6-5-7-15-28/h3,5-8,14-15,22-23,27,29-31,33,35-36H,4,9-13,16-21,24-26H2,1-2H3/t29-,30+,31+,33+,35?,36?/m0/s1. The van der Waals surface area contributed by atoms with E-state index in [2.05, 4.69) is 48.6 Å². The molecule has 0 spiro atoms. The Kier molecular flexibility index (Phi) is 14.4. The largest absolute Gasteiger partial charge is 0.463 e. The normalized spacial score (nSPS) is 27.3. The van der Waals surface area contributed by atoms with E-state index in [0.29, 0.717) is 25.9 Å². The fourth-order valence-electron chi connectivity index (χ4n) is 6.13. The topological polar surface area (TPSA) is 80.3 Å². The molecular formula is C36H52O7. The Morgan fingerprint density at radius 2 is 1.74 bits per heavy atom. The molecule has 0 radical (unpaired) electrons. The monoisotopic (exact) mass is 596 g/mol. The Hall–Kier alpha value is -2.32. The highest BCUT2D eigenvalue weighted by molar-refractivity contribution is 5.85. The molecule has 1 saturated carbocycles. The number of esters is 1. The van der Waals surface area contributed by atoms with Crippen LogP contribution < -0.4 is 0 Å². The van der Waals surface area contributed by atoms with Gasteiger partial charge in [0.1, 0.15) is 5.78 Å². The van der Waals surface area contributed by atoms with Gasteiger partial charge in [-0.1, -0.05) is 54.6 Å². The minimum Gasteiger partial charge on any atom is -0.463 e.